The summed E-state index contributed by atoms with van der Waals surface area (Å²) in [6, 6.07) is 7.84. The Balaban J connectivity index is 1.97. The number of rotatable bonds is 5. The van der Waals surface area contributed by atoms with Crippen LogP contribution < -0.4 is 10.6 Å². The zero-order valence-corrected chi connectivity index (χ0v) is 14.8. The summed E-state index contributed by atoms with van der Waals surface area (Å²) < 4.78 is 28.3. The van der Waals surface area contributed by atoms with Gasteiger partial charge in [0, 0.05) is 18.3 Å². The first-order valence-electron chi connectivity index (χ1n) is 8.45. The number of hydrogen-bond donors (Lipinski definition) is 2. The second kappa shape index (κ2) is 7.53. The van der Waals surface area contributed by atoms with Crippen LogP contribution in [0.25, 0.3) is 5.52 Å². The Hall–Kier alpha value is -3.29. The Kier molecular flexibility index (Phi) is 5.16. The van der Waals surface area contributed by atoms with E-state index in [0.29, 0.717) is 11.6 Å². The highest BCUT2D eigenvalue weighted by atomic mass is 19.1. The molecule has 1 unspecified atom stereocenters. The number of imidazole rings is 1. The molecular weight excluding hydrogens is 354 g/mol. The van der Waals surface area contributed by atoms with E-state index in [1.54, 1.807) is 24.4 Å². The minimum absolute atomic E-state index is 0.0523. The molecule has 3 aromatic rings. The molecule has 6 nitrogen and oxygen atoms in total. The zero-order valence-electron chi connectivity index (χ0n) is 14.8. The number of carbonyl (C=O) groups is 2. The van der Waals surface area contributed by atoms with E-state index in [9.17, 15) is 18.4 Å². The van der Waals surface area contributed by atoms with Crippen molar-refractivity contribution in [3.8, 4) is 0 Å². The molecule has 1 atom stereocenters. The molecule has 27 heavy (non-hydrogen) atoms. The van der Waals surface area contributed by atoms with Gasteiger partial charge in [0.15, 0.2) is 5.69 Å². The van der Waals surface area contributed by atoms with E-state index in [-0.39, 0.29) is 23.2 Å². The van der Waals surface area contributed by atoms with Crippen molar-refractivity contribution >= 4 is 23.0 Å². The highest BCUT2D eigenvalue weighted by Gasteiger charge is 2.22. The van der Waals surface area contributed by atoms with Gasteiger partial charge in [0.2, 0.25) is 5.82 Å². The van der Waals surface area contributed by atoms with Crippen LogP contribution >= 0.6 is 0 Å². The van der Waals surface area contributed by atoms with E-state index in [1.165, 1.54) is 4.40 Å². The van der Waals surface area contributed by atoms with Crippen molar-refractivity contribution in [1.29, 1.82) is 0 Å². The van der Waals surface area contributed by atoms with Crippen molar-refractivity contribution in [3.05, 3.63) is 65.7 Å². The van der Waals surface area contributed by atoms with Gasteiger partial charge in [0.1, 0.15) is 11.6 Å². The van der Waals surface area contributed by atoms with E-state index in [0.717, 1.165) is 18.6 Å². The normalized spacial score (nSPS) is 12.0. The second-order valence-corrected chi connectivity index (χ2v) is 6.10. The summed E-state index contributed by atoms with van der Waals surface area (Å²) >= 11 is 0. The number of fused-ring (bicyclic) bond motifs is 1. The van der Waals surface area contributed by atoms with Gasteiger partial charge in [-0.25, -0.2) is 13.8 Å². The topological polar surface area (TPSA) is 75.5 Å². The Morgan fingerprint density at radius 3 is 2.67 bits per heavy atom. The Morgan fingerprint density at radius 2 is 1.96 bits per heavy atom. The van der Waals surface area contributed by atoms with E-state index in [1.807, 2.05) is 13.8 Å². The molecule has 140 valence electrons. The summed E-state index contributed by atoms with van der Waals surface area (Å²) in [5, 5.41) is 5.16. The number of carbonyl (C=O) groups excluding carboxylic acids is 2. The van der Waals surface area contributed by atoms with Gasteiger partial charge in [-0.15, -0.1) is 0 Å². The molecule has 2 aromatic heterocycles. The van der Waals surface area contributed by atoms with Crippen LogP contribution in [-0.2, 0) is 0 Å². The number of halogens is 2. The minimum Gasteiger partial charge on any atom is -0.348 e. The van der Waals surface area contributed by atoms with Crippen LogP contribution in [0, 0.1) is 11.6 Å². The first-order chi connectivity index (χ1) is 12.9. The monoisotopic (exact) mass is 372 g/mol. The van der Waals surface area contributed by atoms with E-state index < -0.39 is 23.4 Å². The van der Waals surface area contributed by atoms with E-state index in [2.05, 4.69) is 15.6 Å². The van der Waals surface area contributed by atoms with Crippen molar-refractivity contribution in [2.24, 2.45) is 0 Å². The molecule has 0 radical (unpaired) electrons. The Labute approximate surface area is 154 Å². The summed E-state index contributed by atoms with van der Waals surface area (Å²) in [7, 11) is 0. The predicted molar refractivity (Wildman–Crippen MR) is 96.7 cm³/mol. The van der Waals surface area contributed by atoms with Gasteiger partial charge < -0.3 is 10.6 Å². The van der Waals surface area contributed by atoms with E-state index in [4.69, 9.17) is 0 Å². The van der Waals surface area contributed by atoms with Crippen LogP contribution in [0.5, 0.6) is 0 Å². The third kappa shape index (κ3) is 3.79. The Bertz CT molecular complexity index is 1020. The molecule has 3 rings (SSSR count). The molecule has 0 saturated heterocycles. The number of nitrogens with zero attached hydrogens (tertiary/aromatic N) is 2. The van der Waals surface area contributed by atoms with Crippen LogP contribution in [0.15, 0.2) is 42.6 Å². The van der Waals surface area contributed by atoms with Crippen LogP contribution in [-0.4, -0.2) is 27.2 Å². The number of nitrogens with one attached hydrogen (secondary N) is 2. The third-order valence-corrected chi connectivity index (χ3v) is 4.14. The highest BCUT2D eigenvalue weighted by molar-refractivity contribution is 6.06. The summed E-state index contributed by atoms with van der Waals surface area (Å²) in [5.74, 6) is -2.85. The van der Waals surface area contributed by atoms with Crippen LogP contribution in [0.1, 0.15) is 41.4 Å². The number of benzene rings is 1. The molecule has 0 saturated carbocycles. The van der Waals surface area contributed by atoms with Crippen molar-refractivity contribution in [1.82, 2.24) is 14.7 Å². The average Bonchev–Trinajstić information content (AvgIpc) is 3.04. The van der Waals surface area contributed by atoms with E-state index >= 15 is 0 Å². The maximum atomic E-state index is 13.8. The molecule has 1 aromatic carbocycles. The number of amides is 2. The lowest BCUT2D eigenvalue weighted by Gasteiger charge is -2.09. The molecule has 0 spiro atoms. The quantitative estimate of drug-likeness (QED) is 0.721. The predicted octanol–water partition coefficient (Wildman–Crippen LogP) is 3.39. The first kappa shape index (κ1) is 18.5. The van der Waals surface area contributed by atoms with Gasteiger partial charge in [-0.1, -0.05) is 13.0 Å². The molecule has 0 aliphatic rings. The molecule has 0 aliphatic heterocycles. The standard InChI is InChI=1S/C19H18F2N4O2/c1-3-11(2)22-18(26)16-15-6-4-5-9-25(15)17(24-16)19(27)23-14-8-7-12(20)10-13(14)21/h4-11H,3H2,1-2H3,(H,22,26)(H,23,27). The molecule has 0 bridgehead atoms. The number of pyridine rings is 1. The van der Waals surface area contributed by atoms with Crippen molar-refractivity contribution in [2.75, 3.05) is 5.32 Å². The van der Waals surface area contributed by atoms with Gasteiger partial charge in [-0.3, -0.25) is 14.0 Å². The Morgan fingerprint density at radius 1 is 1.19 bits per heavy atom. The summed E-state index contributed by atoms with van der Waals surface area (Å²) in [6.45, 7) is 3.80. The lowest BCUT2D eigenvalue weighted by atomic mass is 10.2. The van der Waals surface area contributed by atoms with Crippen molar-refractivity contribution < 1.29 is 18.4 Å². The van der Waals surface area contributed by atoms with Gasteiger partial charge >= 0.3 is 0 Å². The lowest BCUT2D eigenvalue weighted by molar-refractivity contribution is 0.0936. The first-order valence-corrected chi connectivity index (χ1v) is 8.45. The number of anilines is 1. The molecule has 8 heteroatoms. The van der Waals surface area contributed by atoms with Crippen LogP contribution in [0.3, 0.4) is 0 Å². The van der Waals surface area contributed by atoms with Gasteiger partial charge in [0.05, 0.1) is 11.2 Å². The van der Waals surface area contributed by atoms with Crippen molar-refractivity contribution in [2.45, 2.75) is 26.3 Å². The maximum absolute atomic E-state index is 13.8. The van der Waals surface area contributed by atoms with Gasteiger partial charge in [-0.2, -0.15) is 0 Å². The summed E-state index contributed by atoms with van der Waals surface area (Å²) in [5.41, 5.74) is 0.364. The van der Waals surface area contributed by atoms with Gasteiger partial charge in [0.25, 0.3) is 11.8 Å². The molecule has 2 heterocycles. The smallest absolute Gasteiger partial charge is 0.292 e. The molecule has 0 fully saturated rings. The number of hydrogen-bond acceptors (Lipinski definition) is 3. The second-order valence-electron chi connectivity index (χ2n) is 6.10. The highest BCUT2D eigenvalue weighted by Crippen LogP contribution is 2.18. The molecule has 0 aliphatic carbocycles. The van der Waals surface area contributed by atoms with Gasteiger partial charge in [-0.05, 0) is 37.6 Å². The van der Waals surface area contributed by atoms with Crippen LogP contribution in [0.2, 0.25) is 0 Å². The molecule has 2 N–H and O–H groups in total. The molecule has 2 amide bonds. The number of aromatic nitrogens is 2. The van der Waals surface area contributed by atoms with Crippen molar-refractivity contribution in [3.63, 3.8) is 0 Å². The fourth-order valence-corrected chi connectivity index (χ4v) is 2.53. The fourth-order valence-electron chi connectivity index (χ4n) is 2.53. The lowest BCUT2D eigenvalue weighted by Crippen LogP contribution is -2.32. The SMILES string of the molecule is CCC(C)NC(=O)c1nc(C(=O)Nc2ccc(F)cc2F)n2ccccc12. The maximum Gasteiger partial charge on any atom is 0.292 e. The third-order valence-electron chi connectivity index (χ3n) is 4.14. The zero-order chi connectivity index (χ0) is 19.6. The summed E-state index contributed by atoms with van der Waals surface area (Å²) in [6.07, 6.45) is 2.33. The largest absolute Gasteiger partial charge is 0.348 e. The van der Waals surface area contributed by atoms with Crippen LogP contribution in [0.4, 0.5) is 14.5 Å². The minimum atomic E-state index is -0.904. The fraction of sp³-hybridized carbons (Fsp3) is 0.211. The summed E-state index contributed by atoms with van der Waals surface area (Å²) in [4.78, 5) is 29.2. The average molecular weight is 372 g/mol. The molecular formula is C19H18F2N4O2.